The minimum Gasteiger partial charge on any atom is -0.490 e. The summed E-state index contributed by atoms with van der Waals surface area (Å²) in [7, 11) is 1.87. The zero-order valence-corrected chi connectivity index (χ0v) is 10.6. The van der Waals surface area contributed by atoms with Gasteiger partial charge in [0.2, 0.25) is 0 Å². The molecule has 1 rings (SSSR count). The molecule has 17 heavy (non-hydrogen) atoms. The van der Waals surface area contributed by atoms with Gasteiger partial charge < -0.3 is 10.1 Å². The highest BCUT2D eigenvalue weighted by Crippen LogP contribution is 2.23. The molecule has 0 bridgehead atoms. The number of nitriles is 1. The fourth-order valence-corrected chi connectivity index (χ4v) is 1.88. The molecule has 1 fully saturated rings. The smallest absolute Gasteiger partial charge is 0.130 e. The van der Waals surface area contributed by atoms with Crippen LogP contribution in [0.25, 0.3) is 0 Å². The van der Waals surface area contributed by atoms with Crippen molar-refractivity contribution in [2.24, 2.45) is 0 Å². The first-order valence-electron chi connectivity index (χ1n) is 6.08. The Morgan fingerprint density at radius 1 is 1.35 bits per heavy atom. The molecule has 3 heteroatoms. The summed E-state index contributed by atoms with van der Waals surface area (Å²) >= 11 is 0. The van der Waals surface area contributed by atoms with E-state index in [1.165, 1.54) is 18.9 Å². The lowest BCUT2D eigenvalue weighted by molar-refractivity contribution is 0.131. The summed E-state index contributed by atoms with van der Waals surface area (Å²) in [6.07, 6.45) is 12.1. The Balaban J connectivity index is 2.60. The molecule has 1 aliphatic carbocycles. The predicted octanol–water partition coefficient (Wildman–Crippen LogP) is 3.03. The van der Waals surface area contributed by atoms with Crippen molar-refractivity contribution in [2.45, 2.75) is 38.7 Å². The van der Waals surface area contributed by atoms with Crippen molar-refractivity contribution < 1.29 is 4.74 Å². The second-order valence-corrected chi connectivity index (χ2v) is 4.03. The molecule has 0 aromatic carbocycles. The van der Waals surface area contributed by atoms with Crippen molar-refractivity contribution >= 4 is 0 Å². The molecule has 92 valence electrons. The fourth-order valence-electron chi connectivity index (χ4n) is 1.88. The standard InChI is InChI=1S/C14H20N2O/c1-3-12(16-2)8-9-14(10-11-15)17-13-6-4-5-7-13/h3,8-10,13,16H,4-7H2,1-2H3/b9-8-,12-3+,14-10-. The first kappa shape index (κ1) is 13.4. The van der Waals surface area contributed by atoms with Gasteiger partial charge in [-0.15, -0.1) is 0 Å². The molecule has 0 spiro atoms. The van der Waals surface area contributed by atoms with Gasteiger partial charge in [0, 0.05) is 12.7 Å². The largest absolute Gasteiger partial charge is 0.490 e. The third kappa shape index (κ3) is 4.78. The van der Waals surface area contributed by atoms with Crippen LogP contribution in [0.15, 0.2) is 35.8 Å². The molecule has 0 aromatic rings. The number of ether oxygens (including phenoxy) is 1. The van der Waals surface area contributed by atoms with E-state index in [1.807, 2.05) is 38.3 Å². The van der Waals surface area contributed by atoms with Gasteiger partial charge in [-0.3, -0.25) is 0 Å². The topological polar surface area (TPSA) is 45.0 Å². The summed E-state index contributed by atoms with van der Waals surface area (Å²) in [6, 6.07) is 2.02. The zero-order chi connectivity index (χ0) is 12.5. The van der Waals surface area contributed by atoms with Crippen LogP contribution in [0.3, 0.4) is 0 Å². The van der Waals surface area contributed by atoms with Crippen molar-refractivity contribution in [3.05, 3.63) is 35.8 Å². The number of rotatable bonds is 5. The molecule has 0 radical (unpaired) electrons. The van der Waals surface area contributed by atoms with Crippen LogP contribution in [-0.2, 0) is 4.74 Å². The SMILES string of the molecule is C\C=C(/C=C\C(=C\C#N)OC1CCCC1)NC. The van der Waals surface area contributed by atoms with E-state index in [1.54, 1.807) is 0 Å². The van der Waals surface area contributed by atoms with Gasteiger partial charge >= 0.3 is 0 Å². The summed E-state index contributed by atoms with van der Waals surface area (Å²) in [5.74, 6) is 0.647. The van der Waals surface area contributed by atoms with Gasteiger partial charge in [-0.2, -0.15) is 5.26 Å². The first-order valence-corrected chi connectivity index (χ1v) is 6.08. The van der Waals surface area contributed by atoms with Crippen LogP contribution >= 0.6 is 0 Å². The molecule has 1 aliphatic rings. The van der Waals surface area contributed by atoms with Crippen molar-refractivity contribution in [1.82, 2.24) is 5.32 Å². The van der Waals surface area contributed by atoms with Crippen molar-refractivity contribution in [1.29, 1.82) is 5.26 Å². The van der Waals surface area contributed by atoms with Gasteiger partial charge in [-0.25, -0.2) is 0 Å². The summed E-state index contributed by atoms with van der Waals surface area (Å²) in [6.45, 7) is 1.96. The van der Waals surface area contributed by atoms with E-state index in [0.29, 0.717) is 5.76 Å². The Labute approximate surface area is 103 Å². The molecule has 0 amide bonds. The summed E-state index contributed by atoms with van der Waals surface area (Å²) < 4.78 is 5.79. The van der Waals surface area contributed by atoms with Gasteiger partial charge in [-0.1, -0.05) is 6.08 Å². The van der Waals surface area contributed by atoms with Crippen molar-refractivity contribution in [3.8, 4) is 6.07 Å². The van der Waals surface area contributed by atoms with Crippen molar-refractivity contribution in [3.63, 3.8) is 0 Å². The van der Waals surface area contributed by atoms with Crippen LogP contribution in [0.2, 0.25) is 0 Å². The summed E-state index contributed by atoms with van der Waals surface area (Å²) in [5, 5.41) is 11.8. The maximum absolute atomic E-state index is 8.72. The van der Waals surface area contributed by atoms with E-state index in [-0.39, 0.29) is 6.10 Å². The Morgan fingerprint density at radius 2 is 2.06 bits per heavy atom. The molecule has 1 saturated carbocycles. The molecule has 0 heterocycles. The molecular weight excluding hydrogens is 212 g/mol. The maximum atomic E-state index is 8.72. The minimum absolute atomic E-state index is 0.280. The zero-order valence-electron chi connectivity index (χ0n) is 10.6. The van der Waals surface area contributed by atoms with E-state index in [0.717, 1.165) is 18.5 Å². The monoisotopic (exact) mass is 232 g/mol. The summed E-state index contributed by atoms with van der Waals surface area (Å²) in [4.78, 5) is 0. The van der Waals surface area contributed by atoms with Crippen LogP contribution in [0.5, 0.6) is 0 Å². The van der Waals surface area contributed by atoms with Gasteiger partial charge in [0.05, 0.1) is 18.2 Å². The molecule has 1 N–H and O–H groups in total. The first-order chi connectivity index (χ1) is 8.30. The second-order valence-electron chi connectivity index (χ2n) is 4.03. The van der Waals surface area contributed by atoms with E-state index in [9.17, 15) is 0 Å². The highest BCUT2D eigenvalue weighted by atomic mass is 16.5. The molecule has 0 aromatic heterocycles. The third-order valence-electron chi connectivity index (χ3n) is 2.84. The number of nitrogens with one attached hydrogen (secondary N) is 1. The Hall–Kier alpha value is -1.69. The molecule has 3 nitrogen and oxygen atoms in total. The van der Waals surface area contributed by atoms with Crippen LogP contribution in [0.4, 0.5) is 0 Å². The number of nitrogens with zero attached hydrogens (tertiary/aromatic N) is 1. The minimum atomic E-state index is 0.280. The Morgan fingerprint density at radius 3 is 2.59 bits per heavy atom. The van der Waals surface area contributed by atoms with Gasteiger partial charge in [0.1, 0.15) is 5.76 Å². The normalized spacial score (nSPS) is 18.4. The third-order valence-corrected chi connectivity index (χ3v) is 2.84. The lowest BCUT2D eigenvalue weighted by atomic mass is 10.3. The van der Waals surface area contributed by atoms with Gasteiger partial charge in [0.25, 0.3) is 0 Å². The highest BCUT2D eigenvalue weighted by molar-refractivity contribution is 5.26. The lowest BCUT2D eigenvalue weighted by Crippen LogP contribution is -2.07. The van der Waals surface area contributed by atoms with Crippen LogP contribution in [-0.4, -0.2) is 13.2 Å². The van der Waals surface area contributed by atoms with Crippen LogP contribution in [0.1, 0.15) is 32.6 Å². The molecule has 0 atom stereocenters. The Bertz CT molecular complexity index is 355. The fraction of sp³-hybridized carbons (Fsp3) is 0.500. The molecule has 0 aliphatic heterocycles. The van der Waals surface area contributed by atoms with Crippen LogP contribution in [0, 0.1) is 11.3 Å². The maximum Gasteiger partial charge on any atom is 0.130 e. The van der Waals surface area contributed by atoms with Crippen LogP contribution < -0.4 is 5.32 Å². The Kier molecular flexibility index (Phi) is 5.95. The quantitative estimate of drug-likeness (QED) is 0.450. The number of likely N-dealkylation sites (N-methyl/N-ethyl adjacent to an activating group) is 1. The van der Waals surface area contributed by atoms with E-state index >= 15 is 0 Å². The highest BCUT2D eigenvalue weighted by Gasteiger charge is 2.16. The predicted molar refractivity (Wildman–Crippen MR) is 69.0 cm³/mol. The van der Waals surface area contributed by atoms with Gasteiger partial charge in [0.15, 0.2) is 0 Å². The van der Waals surface area contributed by atoms with E-state index in [2.05, 4.69) is 5.32 Å². The van der Waals surface area contributed by atoms with Crippen molar-refractivity contribution in [2.75, 3.05) is 7.05 Å². The second kappa shape index (κ2) is 7.56. The van der Waals surface area contributed by atoms with E-state index in [4.69, 9.17) is 10.00 Å². The number of hydrogen-bond acceptors (Lipinski definition) is 3. The molecule has 0 saturated heterocycles. The molecule has 0 unspecified atom stereocenters. The average molecular weight is 232 g/mol. The molecular formula is C14H20N2O. The van der Waals surface area contributed by atoms with Gasteiger partial charge in [-0.05, 0) is 44.8 Å². The average Bonchev–Trinajstić information content (AvgIpc) is 2.83. The number of allylic oxidation sites excluding steroid dienone is 4. The number of hydrogen-bond donors (Lipinski definition) is 1. The lowest BCUT2D eigenvalue weighted by Gasteiger charge is -2.13. The van der Waals surface area contributed by atoms with E-state index < -0.39 is 0 Å². The summed E-state index contributed by atoms with van der Waals surface area (Å²) in [5.41, 5.74) is 1.00.